The second-order valence-electron chi connectivity index (χ2n) is 4.74. The van der Waals surface area contributed by atoms with Crippen molar-refractivity contribution in [1.29, 1.82) is 0 Å². The zero-order valence-electron chi connectivity index (χ0n) is 11.3. The van der Waals surface area contributed by atoms with Gasteiger partial charge in [-0.3, -0.25) is 9.59 Å². The smallest absolute Gasteiger partial charge is 0.310 e. The van der Waals surface area contributed by atoms with E-state index >= 15 is 0 Å². The molecule has 5 nitrogen and oxygen atoms in total. The van der Waals surface area contributed by atoms with Gasteiger partial charge in [-0.1, -0.05) is 0 Å². The number of hydrogen-bond donors (Lipinski definition) is 0. The summed E-state index contributed by atoms with van der Waals surface area (Å²) in [4.78, 5) is 23.3. The van der Waals surface area contributed by atoms with E-state index in [9.17, 15) is 9.59 Å². The van der Waals surface area contributed by atoms with Gasteiger partial charge in [0.1, 0.15) is 11.9 Å². The molecule has 1 saturated heterocycles. The summed E-state index contributed by atoms with van der Waals surface area (Å²) in [5, 5.41) is 0. The van der Waals surface area contributed by atoms with Crippen LogP contribution in [-0.4, -0.2) is 37.7 Å². The van der Waals surface area contributed by atoms with Gasteiger partial charge in [0.25, 0.3) is 0 Å². The molecule has 2 rings (SSSR count). The molecule has 0 bridgehead atoms. The average Bonchev–Trinajstić information content (AvgIpc) is 2.73. The molecule has 1 aliphatic carbocycles. The van der Waals surface area contributed by atoms with E-state index in [1.807, 2.05) is 0 Å². The minimum Gasteiger partial charge on any atom is -0.494 e. The van der Waals surface area contributed by atoms with E-state index in [0.717, 1.165) is 12.8 Å². The predicted octanol–water partition coefficient (Wildman–Crippen LogP) is 1.75. The molecule has 0 unspecified atom stereocenters. The number of carbonyl (C=O) groups is 2. The van der Waals surface area contributed by atoms with Crippen LogP contribution in [0, 0.1) is 0 Å². The monoisotopic (exact) mass is 268 g/mol. The van der Waals surface area contributed by atoms with E-state index in [0.29, 0.717) is 44.0 Å². The largest absolute Gasteiger partial charge is 0.494 e. The van der Waals surface area contributed by atoms with Crippen LogP contribution in [0.4, 0.5) is 0 Å². The number of ether oxygens (including phenoxy) is 3. The van der Waals surface area contributed by atoms with Crippen molar-refractivity contribution in [3.63, 3.8) is 0 Å². The van der Waals surface area contributed by atoms with Gasteiger partial charge in [0, 0.05) is 31.3 Å². The number of allylic oxidation sites excluding steroid dienone is 1. The Balaban J connectivity index is 1.99. The Morgan fingerprint density at radius 1 is 1.32 bits per heavy atom. The molecule has 1 heterocycles. The number of esters is 1. The van der Waals surface area contributed by atoms with Gasteiger partial charge >= 0.3 is 5.97 Å². The SMILES string of the molecule is CCOC(=O)CC1=C(OC2CCOCC2)CCC1=O. The molecule has 0 aromatic heterocycles. The van der Waals surface area contributed by atoms with Gasteiger partial charge in [-0.25, -0.2) is 0 Å². The minimum absolute atomic E-state index is 0.00936. The molecule has 0 aromatic carbocycles. The maximum atomic E-state index is 11.8. The van der Waals surface area contributed by atoms with Gasteiger partial charge in [-0.05, 0) is 6.92 Å². The van der Waals surface area contributed by atoms with Crippen molar-refractivity contribution in [2.24, 2.45) is 0 Å². The Kier molecular flexibility index (Phi) is 4.96. The highest BCUT2D eigenvalue weighted by atomic mass is 16.5. The third-order valence-corrected chi connectivity index (χ3v) is 3.36. The molecule has 0 saturated carbocycles. The Bertz CT molecular complexity index is 379. The van der Waals surface area contributed by atoms with Crippen LogP contribution < -0.4 is 0 Å². The topological polar surface area (TPSA) is 61.8 Å². The van der Waals surface area contributed by atoms with Crippen LogP contribution in [0.25, 0.3) is 0 Å². The summed E-state index contributed by atoms with van der Waals surface area (Å²) in [6.07, 6.45) is 2.85. The highest BCUT2D eigenvalue weighted by molar-refractivity contribution is 6.01. The fourth-order valence-corrected chi connectivity index (χ4v) is 2.36. The van der Waals surface area contributed by atoms with E-state index in [2.05, 4.69) is 0 Å². The second-order valence-corrected chi connectivity index (χ2v) is 4.74. The molecule has 0 atom stereocenters. The molecule has 0 amide bonds. The third-order valence-electron chi connectivity index (χ3n) is 3.36. The summed E-state index contributed by atoms with van der Waals surface area (Å²) in [5.41, 5.74) is 0.505. The van der Waals surface area contributed by atoms with Crippen LogP contribution in [-0.2, 0) is 23.8 Å². The Morgan fingerprint density at radius 3 is 2.74 bits per heavy atom. The van der Waals surface area contributed by atoms with Gasteiger partial charge in [-0.15, -0.1) is 0 Å². The van der Waals surface area contributed by atoms with Crippen molar-refractivity contribution in [2.45, 2.75) is 45.1 Å². The molecule has 0 radical (unpaired) electrons. The molecule has 106 valence electrons. The molecule has 19 heavy (non-hydrogen) atoms. The standard InChI is InChI=1S/C14H20O5/c1-2-18-14(16)9-11-12(15)3-4-13(11)19-10-5-7-17-8-6-10/h10H,2-9H2,1H3. The lowest BCUT2D eigenvalue weighted by molar-refractivity contribution is -0.142. The van der Waals surface area contributed by atoms with E-state index in [-0.39, 0.29) is 24.3 Å². The normalized spacial score (nSPS) is 20.8. The summed E-state index contributed by atoms with van der Waals surface area (Å²) < 4.78 is 16.0. The first-order valence-electron chi connectivity index (χ1n) is 6.86. The first-order valence-corrected chi connectivity index (χ1v) is 6.86. The number of hydrogen-bond acceptors (Lipinski definition) is 5. The van der Waals surface area contributed by atoms with Crippen LogP contribution in [0.5, 0.6) is 0 Å². The van der Waals surface area contributed by atoms with Crippen LogP contribution in [0.2, 0.25) is 0 Å². The summed E-state index contributed by atoms with van der Waals surface area (Å²) in [7, 11) is 0. The lowest BCUT2D eigenvalue weighted by Gasteiger charge is -2.24. The average molecular weight is 268 g/mol. The third kappa shape index (κ3) is 3.80. The molecule has 5 heteroatoms. The molecule has 0 N–H and O–H groups in total. The van der Waals surface area contributed by atoms with Crippen LogP contribution in [0.1, 0.15) is 39.0 Å². The maximum Gasteiger partial charge on any atom is 0.310 e. The van der Waals surface area contributed by atoms with Gasteiger partial charge in [0.15, 0.2) is 5.78 Å². The predicted molar refractivity (Wildman–Crippen MR) is 67.4 cm³/mol. The number of rotatable bonds is 5. The fourth-order valence-electron chi connectivity index (χ4n) is 2.36. The van der Waals surface area contributed by atoms with Gasteiger partial charge < -0.3 is 14.2 Å². The number of carbonyl (C=O) groups excluding carboxylic acids is 2. The highest BCUT2D eigenvalue weighted by Gasteiger charge is 2.29. The number of ketones is 1. The zero-order chi connectivity index (χ0) is 13.7. The first-order chi connectivity index (χ1) is 9.20. The molecule has 0 spiro atoms. The molecular formula is C14H20O5. The molecule has 2 aliphatic rings. The van der Waals surface area contributed by atoms with Crippen LogP contribution in [0.15, 0.2) is 11.3 Å². The summed E-state index contributed by atoms with van der Waals surface area (Å²) >= 11 is 0. The Labute approximate surface area is 112 Å². The number of Topliss-reactive ketones (excluding diaryl/α,β-unsaturated/α-hetero) is 1. The van der Waals surface area contributed by atoms with E-state index in [1.165, 1.54) is 0 Å². The Morgan fingerprint density at radius 2 is 2.05 bits per heavy atom. The van der Waals surface area contributed by atoms with E-state index in [1.54, 1.807) is 6.92 Å². The van der Waals surface area contributed by atoms with Crippen molar-refractivity contribution in [1.82, 2.24) is 0 Å². The lowest BCUT2D eigenvalue weighted by Crippen LogP contribution is -2.23. The molecular weight excluding hydrogens is 248 g/mol. The lowest BCUT2D eigenvalue weighted by atomic mass is 10.1. The zero-order valence-corrected chi connectivity index (χ0v) is 11.3. The van der Waals surface area contributed by atoms with E-state index < -0.39 is 0 Å². The second kappa shape index (κ2) is 6.70. The van der Waals surface area contributed by atoms with E-state index in [4.69, 9.17) is 14.2 Å². The summed E-state index contributed by atoms with van der Waals surface area (Å²) in [5.74, 6) is 0.334. The van der Waals surface area contributed by atoms with Crippen LogP contribution >= 0.6 is 0 Å². The minimum atomic E-state index is -0.360. The molecule has 0 aromatic rings. The Hall–Kier alpha value is -1.36. The van der Waals surface area contributed by atoms with Crippen molar-refractivity contribution >= 4 is 11.8 Å². The molecule has 1 fully saturated rings. The summed E-state index contributed by atoms with van der Waals surface area (Å²) in [6.45, 7) is 3.47. The van der Waals surface area contributed by atoms with Crippen molar-refractivity contribution < 1.29 is 23.8 Å². The van der Waals surface area contributed by atoms with Crippen molar-refractivity contribution in [2.75, 3.05) is 19.8 Å². The van der Waals surface area contributed by atoms with Gasteiger partial charge in [0.05, 0.1) is 26.2 Å². The van der Waals surface area contributed by atoms with Crippen molar-refractivity contribution in [3.8, 4) is 0 Å². The van der Waals surface area contributed by atoms with Gasteiger partial charge in [0.2, 0.25) is 0 Å². The first kappa shape index (κ1) is 14.1. The molecule has 1 aliphatic heterocycles. The quantitative estimate of drug-likeness (QED) is 0.711. The summed E-state index contributed by atoms with van der Waals surface area (Å²) in [6, 6.07) is 0. The van der Waals surface area contributed by atoms with Crippen molar-refractivity contribution in [3.05, 3.63) is 11.3 Å². The highest BCUT2D eigenvalue weighted by Crippen LogP contribution is 2.29. The maximum absolute atomic E-state index is 11.8. The van der Waals surface area contributed by atoms with Gasteiger partial charge in [-0.2, -0.15) is 0 Å². The fraction of sp³-hybridized carbons (Fsp3) is 0.714. The van der Waals surface area contributed by atoms with Crippen LogP contribution in [0.3, 0.4) is 0 Å².